The van der Waals surface area contributed by atoms with Crippen LogP contribution in [0.3, 0.4) is 0 Å². The van der Waals surface area contributed by atoms with E-state index in [2.05, 4.69) is 19.8 Å². The van der Waals surface area contributed by atoms with Gasteiger partial charge in [-0.25, -0.2) is 27.3 Å². The smallest absolute Gasteiger partial charge is 0.449 e. The van der Waals surface area contributed by atoms with E-state index in [9.17, 15) is 17.6 Å². The summed E-state index contributed by atoms with van der Waals surface area (Å²) in [5.41, 5.74) is 0.498. The molecule has 3 aromatic rings. The summed E-state index contributed by atoms with van der Waals surface area (Å²) in [6.45, 7) is 2.92. The SMILES string of the molecule is CC(C)S(=O)(=O)c1cc2nc(-n3cc(OC(=O)O)cn3)[nH]c2cc1F. The molecular weight excluding hydrogens is 355 g/mol. The number of sulfone groups is 1. The van der Waals surface area contributed by atoms with Gasteiger partial charge in [-0.3, -0.25) is 0 Å². The van der Waals surface area contributed by atoms with Crippen LogP contribution in [0.1, 0.15) is 13.8 Å². The van der Waals surface area contributed by atoms with Crippen molar-refractivity contribution in [1.29, 1.82) is 0 Å². The number of imidazole rings is 1. The first kappa shape index (κ1) is 16.9. The summed E-state index contributed by atoms with van der Waals surface area (Å²) >= 11 is 0. The molecule has 0 aliphatic carbocycles. The molecule has 25 heavy (non-hydrogen) atoms. The Hall–Kier alpha value is -2.95. The number of aromatic nitrogens is 4. The summed E-state index contributed by atoms with van der Waals surface area (Å²) in [5.74, 6) is -0.761. The van der Waals surface area contributed by atoms with Crippen LogP contribution < -0.4 is 4.74 Å². The lowest BCUT2D eigenvalue weighted by molar-refractivity contribution is 0.144. The second kappa shape index (κ2) is 5.84. The Labute approximate surface area is 141 Å². The van der Waals surface area contributed by atoms with E-state index >= 15 is 0 Å². The maximum atomic E-state index is 14.2. The Kier molecular flexibility index (Phi) is 3.95. The molecule has 1 aromatic carbocycles. The maximum Gasteiger partial charge on any atom is 0.511 e. The zero-order valence-electron chi connectivity index (χ0n) is 13.1. The van der Waals surface area contributed by atoms with Gasteiger partial charge in [-0.05, 0) is 19.9 Å². The lowest BCUT2D eigenvalue weighted by Gasteiger charge is -2.08. The van der Waals surface area contributed by atoms with E-state index in [0.29, 0.717) is 0 Å². The molecule has 132 valence electrons. The molecule has 0 aliphatic heterocycles. The van der Waals surface area contributed by atoms with Gasteiger partial charge in [0.1, 0.15) is 10.7 Å². The van der Waals surface area contributed by atoms with Gasteiger partial charge in [0.05, 0.1) is 28.7 Å². The fourth-order valence-corrected chi connectivity index (χ4v) is 3.27. The lowest BCUT2D eigenvalue weighted by atomic mass is 10.3. The Morgan fingerprint density at radius 3 is 2.76 bits per heavy atom. The Bertz CT molecular complexity index is 1070. The third-order valence-electron chi connectivity index (χ3n) is 3.43. The van der Waals surface area contributed by atoms with Gasteiger partial charge < -0.3 is 14.8 Å². The van der Waals surface area contributed by atoms with Crippen molar-refractivity contribution in [3.05, 3.63) is 30.3 Å². The minimum Gasteiger partial charge on any atom is -0.449 e. The Morgan fingerprint density at radius 2 is 2.12 bits per heavy atom. The summed E-state index contributed by atoms with van der Waals surface area (Å²) < 4.78 is 44.3. The van der Waals surface area contributed by atoms with Crippen LogP contribution in [-0.4, -0.2) is 44.7 Å². The van der Waals surface area contributed by atoms with E-state index in [-0.39, 0.29) is 22.7 Å². The minimum atomic E-state index is -3.80. The summed E-state index contributed by atoms with van der Waals surface area (Å²) in [7, 11) is -3.80. The molecule has 2 aromatic heterocycles. The van der Waals surface area contributed by atoms with Gasteiger partial charge in [-0.2, -0.15) is 5.10 Å². The molecule has 0 fully saturated rings. The van der Waals surface area contributed by atoms with E-state index in [1.807, 2.05) is 0 Å². The van der Waals surface area contributed by atoms with E-state index in [1.54, 1.807) is 0 Å². The van der Waals surface area contributed by atoms with Crippen LogP contribution in [0.15, 0.2) is 29.4 Å². The summed E-state index contributed by atoms with van der Waals surface area (Å²) in [5, 5.41) is 11.7. The van der Waals surface area contributed by atoms with Crippen LogP contribution in [-0.2, 0) is 9.84 Å². The normalized spacial score (nSPS) is 12.0. The predicted octanol–water partition coefficient (Wildman–Crippen LogP) is 2.13. The van der Waals surface area contributed by atoms with Crippen LogP contribution in [0.4, 0.5) is 9.18 Å². The van der Waals surface area contributed by atoms with Gasteiger partial charge in [-0.15, -0.1) is 0 Å². The van der Waals surface area contributed by atoms with Crippen molar-refractivity contribution < 1.29 is 27.4 Å². The summed E-state index contributed by atoms with van der Waals surface area (Å²) in [4.78, 5) is 17.0. The van der Waals surface area contributed by atoms with Crippen molar-refractivity contribution in [3.63, 3.8) is 0 Å². The minimum absolute atomic E-state index is 0.0257. The van der Waals surface area contributed by atoms with Crippen LogP contribution in [0, 0.1) is 5.82 Å². The van der Waals surface area contributed by atoms with Crippen LogP contribution in [0.2, 0.25) is 0 Å². The van der Waals surface area contributed by atoms with Crippen molar-refractivity contribution in [2.75, 3.05) is 0 Å². The second-order valence-electron chi connectivity index (χ2n) is 5.44. The fourth-order valence-electron chi connectivity index (χ4n) is 2.15. The van der Waals surface area contributed by atoms with Gasteiger partial charge in [0.2, 0.25) is 5.95 Å². The first-order valence-corrected chi connectivity index (χ1v) is 8.62. The number of nitrogens with one attached hydrogen (secondary N) is 1. The first-order valence-electron chi connectivity index (χ1n) is 7.07. The molecule has 0 spiro atoms. The molecular formula is C14H13FN4O5S. The average Bonchev–Trinajstić information content (AvgIpc) is 3.11. The Morgan fingerprint density at radius 1 is 1.40 bits per heavy atom. The quantitative estimate of drug-likeness (QED) is 0.675. The number of carbonyl (C=O) groups is 1. The molecule has 11 heteroatoms. The third-order valence-corrected chi connectivity index (χ3v) is 5.60. The topological polar surface area (TPSA) is 127 Å². The number of hydrogen-bond acceptors (Lipinski definition) is 6. The standard InChI is InChI=1S/C14H13FN4O5S/c1-7(2)25(22,23)12-4-11-10(3-9(12)15)17-13(18-11)19-6-8(5-16-19)24-14(20)21/h3-7H,1-2H3,(H,17,18)(H,20,21). The molecule has 0 atom stereocenters. The number of nitrogens with zero attached hydrogens (tertiary/aromatic N) is 3. The summed E-state index contributed by atoms with van der Waals surface area (Å²) in [6.07, 6.45) is 0.930. The van der Waals surface area contributed by atoms with Gasteiger partial charge in [-0.1, -0.05) is 0 Å². The zero-order chi connectivity index (χ0) is 18.4. The molecule has 3 rings (SSSR count). The van der Waals surface area contributed by atoms with Gasteiger partial charge >= 0.3 is 6.16 Å². The number of ether oxygens (including phenoxy) is 1. The molecule has 2 N–H and O–H groups in total. The zero-order valence-corrected chi connectivity index (χ0v) is 13.9. The first-order chi connectivity index (χ1) is 11.7. The molecule has 0 radical (unpaired) electrons. The molecule has 0 saturated carbocycles. The highest BCUT2D eigenvalue weighted by Crippen LogP contribution is 2.25. The molecule has 0 amide bonds. The van der Waals surface area contributed by atoms with Gasteiger partial charge in [0, 0.05) is 6.07 Å². The molecule has 2 heterocycles. The van der Waals surface area contributed by atoms with Crippen molar-refractivity contribution in [2.45, 2.75) is 24.0 Å². The molecule has 0 saturated heterocycles. The van der Waals surface area contributed by atoms with E-state index in [0.717, 1.165) is 18.3 Å². The number of aromatic amines is 1. The predicted molar refractivity (Wildman–Crippen MR) is 84.1 cm³/mol. The third kappa shape index (κ3) is 3.05. The van der Waals surface area contributed by atoms with Gasteiger partial charge in [0.25, 0.3) is 0 Å². The monoisotopic (exact) mass is 368 g/mol. The maximum absolute atomic E-state index is 14.2. The number of hydrogen-bond donors (Lipinski definition) is 2. The number of rotatable bonds is 4. The van der Waals surface area contributed by atoms with Crippen LogP contribution in [0.5, 0.6) is 5.75 Å². The van der Waals surface area contributed by atoms with E-state index in [1.165, 1.54) is 24.7 Å². The molecule has 0 bridgehead atoms. The highest BCUT2D eigenvalue weighted by atomic mass is 32.2. The van der Waals surface area contributed by atoms with Crippen molar-refractivity contribution in [1.82, 2.24) is 19.7 Å². The van der Waals surface area contributed by atoms with E-state index in [4.69, 9.17) is 5.11 Å². The van der Waals surface area contributed by atoms with Gasteiger partial charge in [0.15, 0.2) is 15.6 Å². The van der Waals surface area contributed by atoms with Crippen LogP contribution in [0.25, 0.3) is 17.0 Å². The fraction of sp³-hybridized carbons (Fsp3) is 0.214. The average molecular weight is 368 g/mol. The number of fused-ring (bicyclic) bond motifs is 1. The molecule has 9 nitrogen and oxygen atoms in total. The highest BCUT2D eigenvalue weighted by molar-refractivity contribution is 7.92. The van der Waals surface area contributed by atoms with Crippen molar-refractivity contribution >= 4 is 27.0 Å². The number of carboxylic acid groups (broad SMARTS) is 1. The highest BCUT2D eigenvalue weighted by Gasteiger charge is 2.24. The lowest BCUT2D eigenvalue weighted by Crippen LogP contribution is -2.15. The summed E-state index contributed by atoms with van der Waals surface area (Å²) in [6, 6.07) is 2.19. The van der Waals surface area contributed by atoms with Crippen molar-refractivity contribution in [2.24, 2.45) is 0 Å². The molecule has 0 unspecified atom stereocenters. The van der Waals surface area contributed by atoms with E-state index < -0.39 is 32.0 Å². The van der Waals surface area contributed by atoms with Crippen LogP contribution >= 0.6 is 0 Å². The van der Waals surface area contributed by atoms with Crippen molar-refractivity contribution in [3.8, 4) is 11.7 Å². The number of benzene rings is 1. The Balaban J connectivity index is 2.06. The second-order valence-corrected chi connectivity index (χ2v) is 7.92. The number of H-pyrrole nitrogens is 1. The largest absolute Gasteiger partial charge is 0.511 e. The molecule has 0 aliphatic rings. The number of halogens is 1.